The van der Waals surface area contributed by atoms with Crippen molar-refractivity contribution in [2.75, 3.05) is 13.1 Å². The fourth-order valence-electron chi connectivity index (χ4n) is 1.81. The van der Waals surface area contributed by atoms with Crippen LogP contribution in [0.4, 0.5) is 4.79 Å². The highest BCUT2D eigenvalue weighted by molar-refractivity contribution is 5.97. The summed E-state index contributed by atoms with van der Waals surface area (Å²) in [6.07, 6.45) is 4.24. The third kappa shape index (κ3) is 2.81. The second-order valence-electron chi connectivity index (χ2n) is 4.25. The van der Waals surface area contributed by atoms with Crippen LogP contribution in [0.2, 0.25) is 0 Å². The molecule has 1 aromatic heterocycles. The van der Waals surface area contributed by atoms with Crippen LogP contribution < -0.4 is 5.32 Å². The van der Waals surface area contributed by atoms with Gasteiger partial charge in [0.2, 0.25) is 5.91 Å². The van der Waals surface area contributed by atoms with E-state index < -0.39 is 0 Å². The third-order valence-corrected chi connectivity index (χ3v) is 2.88. The summed E-state index contributed by atoms with van der Waals surface area (Å²) in [5.41, 5.74) is 1.14. The van der Waals surface area contributed by atoms with Gasteiger partial charge in [0.05, 0.1) is 5.92 Å². The lowest BCUT2D eigenvalue weighted by Crippen LogP contribution is -2.54. The first kappa shape index (κ1) is 11.6. The molecule has 0 aliphatic carbocycles. The minimum absolute atomic E-state index is 0.134. The molecule has 0 aromatic carbocycles. The highest BCUT2D eigenvalue weighted by atomic mass is 16.2. The lowest BCUT2D eigenvalue weighted by Gasteiger charge is -2.30. The van der Waals surface area contributed by atoms with Crippen LogP contribution in [-0.2, 0) is 11.2 Å². The minimum Gasteiger partial charge on any atom is -0.323 e. The second-order valence-corrected chi connectivity index (χ2v) is 4.25. The zero-order chi connectivity index (χ0) is 12.3. The molecule has 1 N–H and O–H groups in total. The van der Waals surface area contributed by atoms with E-state index in [9.17, 15) is 9.59 Å². The van der Waals surface area contributed by atoms with E-state index in [1.807, 2.05) is 19.1 Å². The fourth-order valence-corrected chi connectivity index (χ4v) is 1.81. The summed E-state index contributed by atoms with van der Waals surface area (Å²) in [6.45, 7) is 2.93. The SMILES string of the molecule is CC1CN(CCc2ccncc2)C(=O)NC1=O. The Morgan fingerprint density at radius 3 is 2.82 bits per heavy atom. The Balaban J connectivity index is 1.91. The van der Waals surface area contributed by atoms with E-state index in [1.165, 1.54) is 0 Å². The zero-order valence-electron chi connectivity index (χ0n) is 9.72. The van der Waals surface area contributed by atoms with Crippen molar-refractivity contribution in [3.05, 3.63) is 30.1 Å². The number of imide groups is 1. The first-order valence-electron chi connectivity index (χ1n) is 5.65. The van der Waals surface area contributed by atoms with Crippen LogP contribution in [0, 0.1) is 5.92 Å². The Hall–Kier alpha value is -1.91. The highest BCUT2D eigenvalue weighted by Crippen LogP contribution is 2.08. The lowest BCUT2D eigenvalue weighted by atomic mass is 10.1. The van der Waals surface area contributed by atoms with Crippen molar-refractivity contribution in [1.29, 1.82) is 0 Å². The molecule has 1 fully saturated rings. The standard InChI is InChI=1S/C12H15N3O2/c1-9-8-15(12(17)14-11(9)16)7-4-10-2-5-13-6-3-10/h2-3,5-6,9H,4,7-8H2,1H3,(H,14,16,17). The third-order valence-electron chi connectivity index (χ3n) is 2.88. The van der Waals surface area contributed by atoms with Gasteiger partial charge in [0.15, 0.2) is 0 Å². The minimum atomic E-state index is -0.290. The smallest absolute Gasteiger partial charge is 0.323 e. The maximum Gasteiger partial charge on any atom is 0.324 e. The van der Waals surface area contributed by atoms with Crippen molar-refractivity contribution in [1.82, 2.24) is 15.2 Å². The summed E-state index contributed by atoms with van der Waals surface area (Å²) in [5, 5.41) is 2.35. The van der Waals surface area contributed by atoms with Gasteiger partial charge in [-0.05, 0) is 24.1 Å². The molecule has 90 valence electrons. The Morgan fingerprint density at radius 1 is 1.41 bits per heavy atom. The Kier molecular flexibility index (Phi) is 3.37. The van der Waals surface area contributed by atoms with Gasteiger partial charge >= 0.3 is 6.03 Å². The van der Waals surface area contributed by atoms with Crippen LogP contribution in [0.15, 0.2) is 24.5 Å². The van der Waals surface area contributed by atoms with Crippen molar-refractivity contribution in [3.8, 4) is 0 Å². The van der Waals surface area contributed by atoms with Gasteiger partial charge in [-0.1, -0.05) is 6.92 Å². The van der Waals surface area contributed by atoms with Crippen LogP contribution in [0.25, 0.3) is 0 Å². The summed E-state index contributed by atoms with van der Waals surface area (Å²) in [7, 11) is 0. The number of nitrogens with one attached hydrogen (secondary N) is 1. The first-order valence-corrected chi connectivity index (χ1v) is 5.65. The van der Waals surface area contributed by atoms with E-state index in [1.54, 1.807) is 17.3 Å². The topological polar surface area (TPSA) is 62.3 Å². The molecule has 2 heterocycles. The van der Waals surface area contributed by atoms with Crippen LogP contribution in [0.5, 0.6) is 0 Å². The summed E-state index contributed by atoms with van der Waals surface area (Å²) in [5.74, 6) is -0.319. The van der Waals surface area contributed by atoms with Gasteiger partial charge < -0.3 is 4.90 Å². The normalized spacial score (nSPS) is 20.3. The number of hydrogen-bond acceptors (Lipinski definition) is 3. The molecule has 5 nitrogen and oxygen atoms in total. The van der Waals surface area contributed by atoms with Crippen LogP contribution >= 0.6 is 0 Å². The fraction of sp³-hybridized carbons (Fsp3) is 0.417. The van der Waals surface area contributed by atoms with Crippen molar-refractivity contribution in [2.24, 2.45) is 5.92 Å². The van der Waals surface area contributed by atoms with E-state index >= 15 is 0 Å². The molecule has 2 rings (SSSR count). The molecule has 3 amide bonds. The number of aromatic nitrogens is 1. The van der Waals surface area contributed by atoms with Gasteiger partial charge in [0.1, 0.15) is 0 Å². The maximum absolute atomic E-state index is 11.6. The Bertz CT molecular complexity index is 419. The molecule has 1 atom stereocenters. The van der Waals surface area contributed by atoms with E-state index in [4.69, 9.17) is 0 Å². The molecule has 0 spiro atoms. The number of carbonyl (C=O) groups excluding carboxylic acids is 2. The predicted molar refractivity (Wildman–Crippen MR) is 62.2 cm³/mol. The van der Waals surface area contributed by atoms with E-state index in [-0.39, 0.29) is 17.9 Å². The number of carbonyl (C=O) groups is 2. The number of pyridine rings is 1. The molecule has 17 heavy (non-hydrogen) atoms. The summed E-state index contributed by atoms with van der Waals surface area (Å²) in [4.78, 5) is 28.4. The van der Waals surface area contributed by atoms with Gasteiger partial charge in [-0.15, -0.1) is 0 Å². The molecule has 1 aromatic rings. The Morgan fingerprint density at radius 2 is 2.12 bits per heavy atom. The molecule has 0 bridgehead atoms. The van der Waals surface area contributed by atoms with E-state index in [0.29, 0.717) is 13.1 Å². The van der Waals surface area contributed by atoms with Gasteiger partial charge in [-0.2, -0.15) is 0 Å². The number of amides is 3. The molecule has 0 saturated carbocycles. The van der Waals surface area contributed by atoms with E-state index in [2.05, 4.69) is 10.3 Å². The predicted octanol–water partition coefficient (Wildman–Crippen LogP) is 0.812. The molecular formula is C12H15N3O2. The van der Waals surface area contributed by atoms with Crippen LogP contribution in [0.3, 0.4) is 0 Å². The zero-order valence-corrected chi connectivity index (χ0v) is 9.72. The van der Waals surface area contributed by atoms with Crippen LogP contribution in [-0.4, -0.2) is 34.9 Å². The molecule has 1 unspecified atom stereocenters. The maximum atomic E-state index is 11.6. The van der Waals surface area contributed by atoms with Crippen LogP contribution in [0.1, 0.15) is 12.5 Å². The molecule has 1 saturated heterocycles. The number of urea groups is 1. The van der Waals surface area contributed by atoms with Crippen molar-refractivity contribution in [2.45, 2.75) is 13.3 Å². The van der Waals surface area contributed by atoms with Crippen molar-refractivity contribution < 1.29 is 9.59 Å². The summed E-state index contributed by atoms with van der Waals surface area (Å²) >= 11 is 0. The summed E-state index contributed by atoms with van der Waals surface area (Å²) in [6, 6.07) is 3.56. The average Bonchev–Trinajstić information content (AvgIpc) is 2.33. The second kappa shape index (κ2) is 4.95. The molecular weight excluding hydrogens is 218 g/mol. The summed E-state index contributed by atoms with van der Waals surface area (Å²) < 4.78 is 0. The molecule has 5 heteroatoms. The Labute approximate surface area is 99.8 Å². The molecule has 1 aliphatic heterocycles. The quantitative estimate of drug-likeness (QED) is 0.840. The van der Waals surface area contributed by atoms with E-state index in [0.717, 1.165) is 12.0 Å². The number of nitrogens with zero attached hydrogens (tertiary/aromatic N) is 2. The average molecular weight is 233 g/mol. The monoisotopic (exact) mass is 233 g/mol. The molecule has 0 radical (unpaired) electrons. The van der Waals surface area contributed by atoms with Gasteiger partial charge in [0, 0.05) is 25.5 Å². The molecule has 1 aliphatic rings. The number of hydrogen-bond donors (Lipinski definition) is 1. The largest absolute Gasteiger partial charge is 0.324 e. The van der Waals surface area contributed by atoms with Crippen molar-refractivity contribution in [3.63, 3.8) is 0 Å². The number of rotatable bonds is 3. The van der Waals surface area contributed by atoms with Gasteiger partial charge in [0.25, 0.3) is 0 Å². The lowest BCUT2D eigenvalue weighted by molar-refractivity contribution is -0.125. The first-order chi connectivity index (χ1) is 8.16. The highest BCUT2D eigenvalue weighted by Gasteiger charge is 2.28. The van der Waals surface area contributed by atoms with Gasteiger partial charge in [-0.25, -0.2) is 4.79 Å². The van der Waals surface area contributed by atoms with Gasteiger partial charge in [-0.3, -0.25) is 15.1 Å². The van der Waals surface area contributed by atoms with Crippen molar-refractivity contribution >= 4 is 11.9 Å².